The summed E-state index contributed by atoms with van der Waals surface area (Å²) in [5, 5.41) is 1.81. The van der Waals surface area contributed by atoms with E-state index in [9.17, 15) is 9.59 Å². The van der Waals surface area contributed by atoms with Crippen LogP contribution in [0.15, 0.2) is 86.4 Å². The first-order valence-electron chi connectivity index (χ1n) is 18.2. The number of unbranched alkanes of at least 4 members (excludes halogenated alkanes) is 6. The molecule has 1 aliphatic heterocycles. The fourth-order valence-corrected chi connectivity index (χ4v) is 6.57. The number of carbonyl (C=O) groups is 1. The van der Waals surface area contributed by atoms with E-state index in [-0.39, 0.29) is 5.97 Å². The van der Waals surface area contributed by atoms with Crippen molar-refractivity contribution >= 4 is 22.6 Å². The van der Waals surface area contributed by atoms with Gasteiger partial charge in [-0.1, -0.05) is 63.6 Å². The third-order valence-corrected chi connectivity index (χ3v) is 9.41. The summed E-state index contributed by atoms with van der Waals surface area (Å²) in [7, 11) is 0. The maximum Gasteiger partial charge on any atom is 0.347 e. The van der Waals surface area contributed by atoms with Crippen molar-refractivity contribution in [2.24, 2.45) is 0 Å². The fraction of sp³-hybridized carbons (Fsp3) is 0.405. The van der Waals surface area contributed by atoms with E-state index in [0.717, 1.165) is 78.6 Å². The van der Waals surface area contributed by atoms with Gasteiger partial charge >= 0.3 is 11.6 Å². The second-order valence-electron chi connectivity index (χ2n) is 12.5. The van der Waals surface area contributed by atoms with Crippen LogP contribution in [-0.2, 0) is 4.74 Å². The Morgan fingerprint density at radius 2 is 1.41 bits per heavy atom. The molecule has 0 saturated carbocycles. The van der Waals surface area contributed by atoms with Crippen LogP contribution >= 0.6 is 0 Å². The van der Waals surface area contributed by atoms with E-state index in [1.54, 1.807) is 6.07 Å². The van der Waals surface area contributed by atoms with Crippen molar-refractivity contribution < 1.29 is 18.4 Å². The average molecular weight is 664 g/mol. The molecule has 3 aromatic rings. The second-order valence-corrected chi connectivity index (χ2v) is 12.5. The van der Waals surface area contributed by atoms with Crippen molar-refractivity contribution in [2.75, 3.05) is 37.7 Å². The lowest BCUT2D eigenvalue weighted by molar-refractivity contribution is 0.0498. The molecule has 5 rings (SSSR count). The molecule has 7 nitrogen and oxygen atoms in total. The average Bonchev–Trinajstić information content (AvgIpc) is 3.12. The number of nitrogens with zero attached hydrogens (tertiary/aromatic N) is 2. The molecule has 0 N–H and O–H groups in total. The standard InChI is InChI=1S/C42H51N2O5/c1-6-11-12-13-14-15-18-25-47-41(45)35-20-17-16-19-33(35)36-29-40(48-39-28-32(23-24-34(36)39)44(9-4)10-5)37-26-30-21-22-31(43(7-2)8-3)27-38(30)49-42(37)46/h16-17,19-24,26-29H,6-15,18,25H2,1-5H3/q+1. The van der Waals surface area contributed by atoms with Crippen LogP contribution in [0.25, 0.3) is 44.7 Å². The van der Waals surface area contributed by atoms with Crippen LogP contribution in [0.1, 0.15) is 89.9 Å². The second kappa shape index (κ2) is 17.1. The quantitative estimate of drug-likeness (QED) is 0.0453. The van der Waals surface area contributed by atoms with Crippen molar-refractivity contribution in [3.8, 4) is 33.8 Å². The highest BCUT2D eigenvalue weighted by molar-refractivity contribution is 6.00. The van der Waals surface area contributed by atoms with Gasteiger partial charge in [-0.2, -0.15) is 0 Å². The van der Waals surface area contributed by atoms with Crippen molar-refractivity contribution in [3.05, 3.63) is 94.1 Å². The Kier molecular flexibility index (Phi) is 12.5. The minimum Gasteiger partial charge on any atom is -0.462 e. The van der Waals surface area contributed by atoms with E-state index in [2.05, 4.69) is 50.2 Å². The minimum absolute atomic E-state index is 0.318. The zero-order chi connectivity index (χ0) is 34.8. The van der Waals surface area contributed by atoms with Crippen molar-refractivity contribution in [1.29, 1.82) is 0 Å². The molecule has 7 heteroatoms. The number of hydrogen-bond donors (Lipinski definition) is 0. The van der Waals surface area contributed by atoms with E-state index < -0.39 is 5.63 Å². The highest BCUT2D eigenvalue weighted by Gasteiger charge is 2.23. The van der Waals surface area contributed by atoms with Gasteiger partial charge in [0, 0.05) is 41.9 Å². The summed E-state index contributed by atoms with van der Waals surface area (Å²) in [5.74, 6) is 0.625. The van der Waals surface area contributed by atoms with Crippen molar-refractivity contribution in [2.45, 2.75) is 79.6 Å². The van der Waals surface area contributed by atoms with Crippen LogP contribution in [0, 0.1) is 0 Å². The predicted octanol–water partition coefficient (Wildman–Crippen LogP) is 9.39. The third kappa shape index (κ3) is 8.33. The summed E-state index contributed by atoms with van der Waals surface area (Å²) in [6.07, 6.45) is 8.04. The highest BCUT2D eigenvalue weighted by Crippen LogP contribution is 2.39. The van der Waals surface area contributed by atoms with Gasteiger partial charge in [0.05, 0.1) is 18.2 Å². The van der Waals surface area contributed by atoms with Crippen LogP contribution in [0.5, 0.6) is 0 Å². The van der Waals surface area contributed by atoms with E-state index in [4.69, 9.17) is 13.6 Å². The normalized spacial score (nSPS) is 11.3. The monoisotopic (exact) mass is 663 g/mol. The number of ether oxygens (including phenoxy) is 1. The maximum absolute atomic E-state index is 13.6. The molecule has 1 aliphatic carbocycles. The summed E-state index contributed by atoms with van der Waals surface area (Å²) in [5.41, 5.74) is 4.18. The lowest BCUT2D eigenvalue weighted by Crippen LogP contribution is -2.29. The first kappa shape index (κ1) is 35.7. The molecule has 0 spiro atoms. The number of rotatable bonds is 16. The summed E-state index contributed by atoms with van der Waals surface area (Å²) in [6, 6.07) is 23.3. The Bertz CT molecular complexity index is 1960. The molecular formula is C42H51N2O5+. The topological polar surface area (TPSA) is 75.9 Å². The van der Waals surface area contributed by atoms with Crippen molar-refractivity contribution in [1.82, 2.24) is 4.58 Å². The van der Waals surface area contributed by atoms with Gasteiger partial charge in [0.2, 0.25) is 5.36 Å². The van der Waals surface area contributed by atoms with E-state index in [1.165, 1.54) is 25.7 Å². The molecular weight excluding hydrogens is 612 g/mol. The van der Waals surface area contributed by atoms with Gasteiger partial charge in [0.25, 0.3) is 0 Å². The van der Waals surface area contributed by atoms with Crippen molar-refractivity contribution in [3.63, 3.8) is 0 Å². The SMILES string of the molecule is CCCCCCCCCOC(=O)c1ccccc1-c1cc(-c2cc3ccc(N(CC)CC)cc3oc2=O)oc2cc(=[N+](CC)CC)ccc1-2. The molecule has 0 saturated heterocycles. The van der Waals surface area contributed by atoms with Crippen LogP contribution in [0.3, 0.4) is 0 Å². The number of esters is 1. The fourth-order valence-electron chi connectivity index (χ4n) is 6.57. The molecule has 2 aliphatic rings. The molecule has 1 aromatic heterocycles. The Morgan fingerprint density at radius 1 is 0.694 bits per heavy atom. The Balaban J connectivity index is 1.57. The van der Waals surface area contributed by atoms with E-state index in [0.29, 0.717) is 34.8 Å². The van der Waals surface area contributed by atoms with Gasteiger partial charge in [-0.25, -0.2) is 14.2 Å². The van der Waals surface area contributed by atoms with Crippen LogP contribution in [-0.4, -0.2) is 38.8 Å². The number of fused-ring (bicyclic) bond motifs is 2. The van der Waals surface area contributed by atoms with Gasteiger partial charge in [0.1, 0.15) is 35.8 Å². The van der Waals surface area contributed by atoms with E-state index >= 15 is 0 Å². The van der Waals surface area contributed by atoms with Gasteiger partial charge in [-0.15, -0.1) is 0 Å². The van der Waals surface area contributed by atoms with Gasteiger partial charge in [-0.3, -0.25) is 0 Å². The Morgan fingerprint density at radius 3 is 2.14 bits per heavy atom. The first-order chi connectivity index (χ1) is 23.9. The van der Waals surface area contributed by atoms with Gasteiger partial charge < -0.3 is 18.5 Å². The lowest BCUT2D eigenvalue weighted by atomic mass is 9.92. The molecule has 0 unspecified atom stereocenters. The molecule has 0 amide bonds. The molecule has 0 radical (unpaired) electrons. The van der Waals surface area contributed by atoms with Crippen LogP contribution < -0.4 is 20.5 Å². The highest BCUT2D eigenvalue weighted by atomic mass is 16.5. The minimum atomic E-state index is -0.486. The molecule has 0 fully saturated rings. The zero-order valence-electron chi connectivity index (χ0n) is 29.8. The van der Waals surface area contributed by atoms with E-state index in [1.807, 2.05) is 60.7 Å². The first-order valence-corrected chi connectivity index (χ1v) is 18.2. The van der Waals surface area contributed by atoms with Gasteiger partial charge in [0.15, 0.2) is 0 Å². The Labute approximate surface area is 290 Å². The molecule has 2 heterocycles. The lowest BCUT2D eigenvalue weighted by Gasteiger charge is -2.21. The summed E-state index contributed by atoms with van der Waals surface area (Å²) in [4.78, 5) is 29.3. The molecule has 49 heavy (non-hydrogen) atoms. The molecule has 258 valence electrons. The number of hydrogen-bond acceptors (Lipinski definition) is 6. The largest absolute Gasteiger partial charge is 0.462 e. The molecule has 0 bridgehead atoms. The predicted molar refractivity (Wildman–Crippen MR) is 200 cm³/mol. The number of carbonyl (C=O) groups excluding carboxylic acids is 1. The van der Waals surface area contributed by atoms with Gasteiger partial charge in [-0.05, 0) is 81.6 Å². The smallest absolute Gasteiger partial charge is 0.347 e. The third-order valence-electron chi connectivity index (χ3n) is 9.41. The summed E-state index contributed by atoms with van der Waals surface area (Å²) >= 11 is 0. The maximum atomic E-state index is 13.6. The van der Waals surface area contributed by atoms with Crippen LogP contribution in [0.2, 0.25) is 0 Å². The summed E-state index contributed by atoms with van der Waals surface area (Å²) in [6.45, 7) is 14.4. The number of anilines is 1. The molecule has 2 aromatic carbocycles. The summed E-state index contributed by atoms with van der Waals surface area (Å²) < 4.78 is 20.5. The zero-order valence-corrected chi connectivity index (χ0v) is 29.8. The molecule has 0 atom stereocenters. The van der Waals surface area contributed by atoms with Crippen LogP contribution in [0.4, 0.5) is 5.69 Å². The Hall–Kier alpha value is -4.65. The number of benzene rings is 3.